The van der Waals surface area contributed by atoms with Crippen molar-refractivity contribution in [3.05, 3.63) is 0 Å². The van der Waals surface area contributed by atoms with Crippen LogP contribution in [0.3, 0.4) is 0 Å². The summed E-state index contributed by atoms with van der Waals surface area (Å²) in [6.07, 6.45) is 6.01. The Kier molecular flexibility index (Phi) is 5.45. The summed E-state index contributed by atoms with van der Waals surface area (Å²) in [6.45, 7) is 8.19. The predicted molar refractivity (Wildman–Crippen MR) is 73.6 cm³/mol. The van der Waals surface area contributed by atoms with Crippen molar-refractivity contribution >= 4 is 5.91 Å². The van der Waals surface area contributed by atoms with Crippen molar-refractivity contribution in [1.82, 2.24) is 15.1 Å². The Balaban J connectivity index is 1.63. The van der Waals surface area contributed by atoms with E-state index < -0.39 is 0 Å². The van der Waals surface area contributed by atoms with Gasteiger partial charge in [0.15, 0.2) is 0 Å². The smallest absolute Gasteiger partial charge is 0.236 e. The number of likely N-dealkylation sites (tertiary alicyclic amines) is 2. The van der Waals surface area contributed by atoms with E-state index in [1.165, 1.54) is 45.2 Å². The zero-order valence-corrected chi connectivity index (χ0v) is 11.7. The third kappa shape index (κ3) is 3.95. The number of hydrogen-bond acceptors (Lipinski definition) is 3. The molecule has 0 saturated carbocycles. The molecule has 0 aromatic rings. The van der Waals surface area contributed by atoms with Crippen molar-refractivity contribution in [2.24, 2.45) is 0 Å². The van der Waals surface area contributed by atoms with Crippen LogP contribution in [0.4, 0.5) is 0 Å². The lowest BCUT2D eigenvalue weighted by Crippen LogP contribution is -2.47. The lowest BCUT2D eigenvalue weighted by Gasteiger charge is -2.32. The number of hydrogen-bond donors (Lipinski definition) is 1. The molecule has 2 aliphatic heterocycles. The maximum atomic E-state index is 12.0. The number of carbonyl (C=O) groups excluding carboxylic acids is 1. The first-order valence-electron chi connectivity index (χ1n) is 7.53. The van der Waals surface area contributed by atoms with E-state index in [4.69, 9.17) is 0 Å². The standard InChI is InChI=1S/C14H27N3O/c1-2-16-10-6-13(7-11-16)15-12-14(18)17-8-4-3-5-9-17/h13,15H,2-12H2,1H3. The molecule has 1 N–H and O–H groups in total. The van der Waals surface area contributed by atoms with Crippen LogP contribution in [0, 0.1) is 0 Å². The average molecular weight is 253 g/mol. The molecule has 18 heavy (non-hydrogen) atoms. The van der Waals surface area contributed by atoms with Gasteiger partial charge in [0.25, 0.3) is 0 Å². The fourth-order valence-electron chi connectivity index (χ4n) is 2.94. The van der Waals surface area contributed by atoms with E-state index in [-0.39, 0.29) is 0 Å². The number of piperidine rings is 2. The Bertz CT molecular complexity index is 256. The zero-order valence-electron chi connectivity index (χ0n) is 11.7. The first kappa shape index (κ1) is 13.8. The molecule has 4 nitrogen and oxygen atoms in total. The molecule has 1 amide bonds. The minimum absolute atomic E-state index is 0.299. The SMILES string of the molecule is CCN1CCC(NCC(=O)N2CCCCC2)CC1. The van der Waals surface area contributed by atoms with Crippen LogP contribution in [-0.4, -0.2) is 61.0 Å². The summed E-state index contributed by atoms with van der Waals surface area (Å²) < 4.78 is 0. The van der Waals surface area contributed by atoms with Gasteiger partial charge < -0.3 is 15.1 Å². The highest BCUT2D eigenvalue weighted by Crippen LogP contribution is 2.11. The van der Waals surface area contributed by atoms with Crippen molar-refractivity contribution < 1.29 is 4.79 Å². The third-order valence-electron chi connectivity index (χ3n) is 4.29. The lowest BCUT2D eigenvalue weighted by molar-refractivity contribution is -0.131. The molecule has 2 aliphatic rings. The van der Waals surface area contributed by atoms with Crippen LogP contribution in [0.15, 0.2) is 0 Å². The monoisotopic (exact) mass is 253 g/mol. The van der Waals surface area contributed by atoms with Crippen LogP contribution in [0.25, 0.3) is 0 Å². The summed E-state index contributed by atoms with van der Waals surface area (Å²) >= 11 is 0. The molecule has 0 radical (unpaired) electrons. The number of nitrogens with one attached hydrogen (secondary N) is 1. The molecular formula is C14H27N3O. The van der Waals surface area contributed by atoms with E-state index in [0.717, 1.165) is 19.6 Å². The summed E-state index contributed by atoms with van der Waals surface area (Å²) in [6, 6.07) is 0.543. The first-order chi connectivity index (χ1) is 8.79. The third-order valence-corrected chi connectivity index (χ3v) is 4.29. The van der Waals surface area contributed by atoms with Gasteiger partial charge in [0, 0.05) is 19.1 Å². The molecule has 0 aromatic heterocycles. The highest BCUT2D eigenvalue weighted by atomic mass is 16.2. The Labute approximate surface area is 111 Å². The van der Waals surface area contributed by atoms with Crippen molar-refractivity contribution in [1.29, 1.82) is 0 Å². The van der Waals surface area contributed by atoms with E-state index in [0.29, 0.717) is 18.5 Å². The van der Waals surface area contributed by atoms with Gasteiger partial charge in [0.2, 0.25) is 5.91 Å². The maximum absolute atomic E-state index is 12.0. The summed E-state index contributed by atoms with van der Waals surface area (Å²) in [7, 11) is 0. The van der Waals surface area contributed by atoms with Crippen molar-refractivity contribution in [3.63, 3.8) is 0 Å². The van der Waals surface area contributed by atoms with Crippen molar-refractivity contribution in [2.45, 2.75) is 45.1 Å². The fraction of sp³-hybridized carbons (Fsp3) is 0.929. The predicted octanol–water partition coefficient (Wildman–Crippen LogP) is 1.07. The van der Waals surface area contributed by atoms with E-state index in [9.17, 15) is 4.79 Å². The van der Waals surface area contributed by atoms with Crippen LogP contribution in [0.2, 0.25) is 0 Å². The number of rotatable bonds is 4. The van der Waals surface area contributed by atoms with Crippen LogP contribution in [0.5, 0.6) is 0 Å². The van der Waals surface area contributed by atoms with Gasteiger partial charge in [-0.15, -0.1) is 0 Å². The quantitative estimate of drug-likeness (QED) is 0.814. The first-order valence-corrected chi connectivity index (χ1v) is 7.53. The van der Waals surface area contributed by atoms with Crippen LogP contribution < -0.4 is 5.32 Å². The second-order valence-corrected chi connectivity index (χ2v) is 5.53. The minimum Gasteiger partial charge on any atom is -0.342 e. The largest absolute Gasteiger partial charge is 0.342 e. The van der Waals surface area contributed by atoms with Crippen LogP contribution in [0.1, 0.15) is 39.0 Å². The zero-order chi connectivity index (χ0) is 12.8. The molecule has 4 heteroatoms. The number of carbonyl (C=O) groups is 1. The molecular weight excluding hydrogens is 226 g/mol. The van der Waals surface area contributed by atoms with Gasteiger partial charge in [0.1, 0.15) is 0 Å². The highest BCUT2D eigenvalue weighted by Gasteiger charge is 2.20. The average Bonchev–Trinajstić information content (AvgIpc) is 2.46. The molecule has 0 spiro atoms. The number of nitrogens with zero attached hydrogens (tertiary/aromatic N) is 2. The molecule has 2 heterocycles. The molecule has 0 bridgehead atoms. The molecule has 0 unspecified atom stereocenters. The summed E-state index contributed by atoms with van der Waals surface area (Å²) in [5, 5.41) is 3.45. The van der Waals surface area contributed by atoms with Crippen LogP contribution in [-0.2, 0) is 4.79 Å². The highest BCUT2D eigenvalue weighted by molar-refractivity contribution is 5.78. The second kappa shape index (κ2) is 7.10. The van der Waals surface area contributed by atoms with Gasteiger partial charge in [-0.1, -0.05) is 6.92 Å². The lowest BCUT2D eigenvalue weighted by atomic mass is 10.1. The topological polar surface area (TPSA) is 35.6 Å². The van der Waals surface area contributed by atoms with Crippen LogP contribution >= 0.6 is 0 Å². The Morgan fingerprint density at radius 3 is 2.39 bits per heavy atom. The summed E-state index contributed by atoms with van der Waals surface area (Å²) in [5.74, 6) is 0.299. The fourth-order valence-corrected chi connectivity index (χ4v) is 2.94. The van der Waals surface area contributed by atoms with Gasteiger partial charge in [-0.05, 0) is 51.7 Å². The van der Waals surface area contributed by atoms with Gasteiger partial charge in [-0.3, -0.25) is 4.79 Å². The van der Waals surface area contributed by atoms with Crippen molar-refractivity contribution in [3.8, 4) is 0 Å². The molecule has 2 rings (SSSR count). The molecule has 0 aromatic carbocycles. The molecule has 0 atom stereocenters. The molecule has 0 aliphatic carbocycles. The normalized spacial score (nSPS) is 23.3. The minimum atomic E-state index is 0.299. The van der Waals surface area contributed by atoms with Gasteiger partial charge in [-0.2, -0.15) is 0 Å². The summed E-state index contributed by atoms with van der Waals surface area (Å²) in [4.78, 5) is 16.5. The summed E-state index contributed by atoms with van der Waals surface area (Å²) in [5.41, 5.74) is 0. The maximum Gasteiger partial charge on any atom is 0.236 e. The Hall–Kier alpha value is -0.610. The van der Waals surface area contributed by atoms with Crippen molar-refractivity contribution in [2.75, 3.05) is 39.3 Å². The van der Waals surface area contributed by atoms with E-state index in [2.05, 4.69) is 17.1 Å². The Morgan fingerprint density at radius 2 is 1.78 bits per heavy atom. The second-order valence-electron chi connectivity index (χ2n) is 5.53. The van der Waals surface area contributed by atoms with Gasteiger partial charge in [0.05, 0.1) is 6.54 Å². The van der Waals surface area contributed by atoms with E-state index >= 15 is 0 Å². The Morgan fingerprint density at radius 1 is 1.11 bits per heavy atom. The van der Waals surface area contributed by atoms with E-state index in [1.807, 2.05) is 4.90 Å². The van der Waals surface area contributed by atoms with Gasteiger partial charge in [-0.25, -0.2) is 0 Å². The van der Waals surface area contributed by atoms with E-state index in [1.54, 1.807) is 0 Å². The molecule has 2 fully saturated rings. The van der Waals surface area contributed by atoms with Gasteiger partial charge >= 0.3 is 0 Å². The number of amides is 1. The molecule has 2 saturated heterocycles. The molecule has 104 valence electrons.